The molecule has 36 heavy (non-hydrogen) atoms. The normalized spacial score (nSPS) is 16.5. The van der Waals surface area contributed by atoms with Crippen LogP contribution in [0.4, 0.5) is 13.2 Å². The molecule has 1 amide bonds. The lowest BCUT2D eigenvalue weighted by molar-refractivity contribution is -0.140. The van der Waals surface area contributed by atoms with Crippen molar-refractivity contribution in [3.8, 4) is 17.2 Å². The molecule has 0 aliphatic carbocycles. The second-order valence-electron chi connectivity index (χ2n) is 9.30. The molecule has 1 aliphatic heterocycles. The topological polar surface area (TPSA) is 107 Å². The number of carbonyl (C=O) groups excluding carboxylic acids is 1. The van der Waals surface area contributed by atoms with Crippen LogP contribution in [0.25, 0.3) is 22.4 Å². The number of carbonyl (C=O) groups is 1. The second-order valence-corrected chi connectivity index (χ2v) is 9.30. The summed E-state index contributed by atoms with van der Waals surface area (Å²) in [7, 11) is 1.35. The number of alkyl halides is 3. The minimum Gasteiger partial charge on any atom is -0.494 e. The van der Waals surface area contributed by atoms with E-state index < -0.39 is 23.8 Å². The summed E-state index contributed by atoms with van der Waals surface area (Å²) in [6.45, 7) is 7.74. The van der Waals surface area contributed by atoms with Gasteiger partial charge in [-0.3, -0.25) is 4.79 Å². The number of hydrogen-bond acceptors (Lipinski definition) is 7. The SMILES string of the molecule is COc1ccc(-c2nc(C(=O)NC3CCN(C(C)C)CC3)c([C@H](C)N)o2)c2ccc(C(F)(F)F)nc12. The summed E-state index contributed by atoms with van der Waals surface area (Å²) >= 11 is 0. The molecule has 0 unspecified atom stereocenters. The van der Waals surface area contributed by atoms with Crippen LogP contribution in [0, 0.1) is 0 Å². The van der Waals surface area contributed by atoms with E-state index in [1.165, 1.54) is 19.2 Å². The van der Waals surface area contributed by atoms with Crippen molar-refractivity contribution in [1.29, 1.82) is 0 Å². The highest BCUT2D eigenvalue weighted by Crippen LogP contribution is 2.37. The molecule has 1 saturated heterocycles. The van der Waals surface area contributed by atoms with E-state index in [2.05, 4.69) is 34.0 Å². The van der Waals surface area contributed by atoms with Crippen molar-refractivity contribution in [2.24, 2.45) is 5.73 Å². The molecule has 0 spiro atoms. The number of oxazole rings is 1. The Kier molecular flexibility index (Phi) is 7.24. The maximum absolute atomic E-state index is 13.3. The van der Waals surface area contributed by atoms with Crippen molar-refractivity contribution < 1.29 is 27.1 Å². The smallest absolute Gasteiger partial charge is 0.433 e. The van der Waals surface area contributed by atoms with Crippen LogP contribution < -0.4 is 15.8 Å². The monoisotopic (exact) mass is 505 g/mol. The molecule has 0 radical (unpaired) electrons. The summed E-state index contributed by atoms with van der Waals surface area (Å²) < 4.78 is 50.9. The van der Waals surface area contributed by atoms with E-state index in [4.69, 9.17) is 14.9 Å². The number of rotatable bonds is 6. The summed E-state index contributed by atoms with van der Waals surface area (Å²) in [5, 5.41) is 3.37. The lowest BCUT2D eigenvalue weighted by atomic mass is 10.0. The maximum Gasteiger partial charge on any atom is 0.433 e. The van der Waals surface area contributed by atoms with Gasteiger partial charge in [-0.15, -0.1) is 0 Å². The largest absolute Gasteiger partial charge is 0.494 e. The predicted molar refractivity (Wildman–Crippen MR) is 129 cm³/mol. The Bertz CT molecular complexity index is 1250. The van der Waals surface area contributed by atoms with Crippen LogP contribution in [-0.2, 0) is 6.18 Å². The number of fused-ring (bicyclic) bond motifs is 1. The van der Waals surface area contributed by atoms with Crippen LogP contribution in [0.15, 0.2) is 28.7 Å². The summed E-state index contributed by atoms with van der Waals surface area (Å²) in [5.41, 5.74) is 5.48. The number of halogens is 3. The van der Waals surface area contributed by atoms with E-state index in [1.54, 1.807) is 13.0 Å². The van der Waals surface area contributed by atoms with Gasteiger partial charge in [0.1, 0.15) is 17.0 Å². The highest BCUT2D eigenvalue weighted by Gasteiger charge is 2.33. The first-order valence-electron chi connectivity index (χ1n) is 11.9. The standard InChI is InChI=1S/C25H30F3N5O3/c1-13(2)33-11-9-15(10-12-33)30-23(34)21-22(14(3)29)36-24(32-21)17-5-7-18(35-4)20-16(17)6-8-19(31-20)25(26,27)28/h5-8,13-15H,9-12,29H2,1-4H3,(H,30,34)/t14-/m0/s1. The van der Waals surface area contributed by atoms with Crippen molar-refractivity contribution in [3.05, 3.63) is 41.4 Å². The first-order chi connectivity index (χ1) is 17.0. The molecule has 1 atom stereocenters. The molecule has 4 rings (SSSR count). The number of methoxy groups -OCH3 is 1. The number of nitrogens with one attached hydrogen (secondary N) is 1. The number of ether oxygens (including phenoxy) is 1. The fourth-order valence-electron chi connectivity index (χ4n) is 4.43. The Morgan fingerprint density at radius 3 is 2.44 bits per heavy atom. The van der Waals surface area contributed by atoms with Gasteiger partial charge in [-0.25, -0.2) is 9.97 Å². The van der Waals surface area contributed by atoms with Gasteiger partial charge in [0.25, 0.3) is 5.91 Å². The Morgan fingerprint density at radius 2 is 1.86 bits per heavy atom. The van der Waals surface area contributed by atoms with E-state index in [0.717, 1.165) is 32.0 Å². The molecular formula is C25H30F3N5O3. The fourth-order valence-corrected chi connectivity index (χ4v) is 4.43. The highest BCUT2D eigenvalue weighted by molar-refractivity contribution is 5.98. The van der Waals surface area contributed by atoms with E-state index in [-0.39, 0.29) is 34.7 Å². The molecule has 8 nitrogen and oxygen atoms in total. The zero-order valence-electron chi connectivity index (χ0n) is 20.6. The van der Waals surface area contributed by atoms with Crippen molar-refractivity contribution in [3.63, 3.8) is 0 Å². The van der Waals surface area contributed by atoms with Crippen LogP contribution in [0.1, 0.15) is 61.6 Å². The maximum atomic E-state index is 13.3. The predicted octanol–water partition coefficient (Wildman–Crippen LogP) is 4.54. The van der Waals surface area contributed by atoms with Gasteiger partial charge in [-0.2, -0.15) is 13.2 Å². The molecule has 3 heterocycles. The first kappa shape index (κ1) is 25.9. The van der Waals surface area contributed by atoms with Gasteiger partial charge < -0.3 is 25.1 Å². The van der Waals surface area contributed by atoms with Crippen LogP contribution in [0.5, 0.6) is 5.75 Å². The number of nitrogens with two attached hydrogens (primary N) is 1. The molecular weight excluding hydrogens is 475 g/mol. The first-order valence-corrected chi connectivity index (χ1v) is 11.9. The Hall–Kier alpha value is -3.18. The highest BCUT2D eigenvalue weighted by atomic mass is 19.4. The Balaban J connectivity index is 1.68. The van der Waals surface area contributed by atoms with Crippen LogP contribution in [-0.4, -0.2) is 53.1 Å². The number of nitrogens with zero attached hydrogens (tertiary/aromatic N) is 3. The molecule has 1 fully saturated rings. The lowest BCUT2D eigenvalue weighted by Crippen LogP contribution is -2.46. The molecule has 11 heteroatoms. The number of hydrogen-bond donors (Lipinski definition) is 2. The zero-order chi connectivity index (χ0) is 26.2. The van der Waals surface area contributed by atoms with Crippen molar-refractivity contribution in [1.82, 2.24) is 20.2 Å². The third-order valence-electron chi connectivity index (χ3n) is 6.44. The summed E-state index contributed by atoms with van der Waals surface area (Å²) in [5.74, 6) is 0.0439. The Labute approximate surface area is 207 Å². The number of benzene rings is 1. The fraction of sp³-hybridized carbons (Fsp3) is 0.480. The third-order valence-corrected chi connectivity index (χ3v) is 6.44. The van der Waals surface area contributed by atoms with Gasteiger partial charge in [-0.1, -0.05) is 0 Å². The molecule has 3 aromatic rings. The van der Waals surface area contributed by atoms with E-state index >= 15 is 0 Å². The third kappa shape index (κ3) is 5.17. The minimum atomic E-state index is -4.61. The molecule has 3 N–H and O–H groups in total. The average Bonchev–Trinajstić information content (AvgIpc) is 3.28. The average molecular weight is 506 g/mol. The number of pyridine rings is 1. The lowest BCUT2D eigenvalue weighted by Gasteiger charge is -2.34. The summed E-state index contributed by atoms with van der Waals surface area (Å²) in [6, 6.07) is 5.10. The van der Waals surface area contributed by atoms with Crippen LogP contribution in [0.3, 0.4) is 0 Å². The van der Waals surface area contributed by atoms with E-state index in [9.17, 15) is 18.0 Å². The van der Waals surface area contributed by atoms with Crippen molar-refractivity contribution in [2.75, 3.05) is 20.2 Å². The van der Waals surface area contributed by atoms with E-state index in [0.29, 0.717) is 17.0 Å². The number of likely N-dealkylation sites (tertiary alicyclic amines) is 1. The molecule has 2 aromatic heterocycles. The van der Waals surface area contributed by atoms with Crippen LogP contribution in [0.2, 0.25) is 0 Å². The van der Waals surface area contributed by atoms with Gasteiger partial charge >= 0.3 is 6.18 Å². The van der Waals surface area contributed by atoms with Gasteiger partial charge in [-0.05, 0) is 57.9 Å². The van der Waals surface area contributed by atoms with E-state index in [1.807, 2.05) is 0 Å². The molecule has 194 valence electrons. The van der Waals surface area contributed by atoms with Crippen molar-refractivity contribution >= 4 is 16.8 Å². The minimum absolute atomic E-state index is 0.000358. The van der Waals surface area contributed by atoms with Gasteiger partial charge in [0.2, 0.25) is 5.89 Å². The van der Waals surface area contributed by atoms with Crippen LogP contribution >= 0.6 is 0 Å². The molecule has 0 bridgehead atoms. The quantitative estimate of drug-likeness (QED) is 0.507. The summed E-state index contributed by atoms with van der Waals surface area (Å²) in [4.78, 5) is 23.7. The molecule has 1 aromatic carbocycles. The second kappa shape index (κ2) is 10.1. The van der Waals surface area contributed by atoms with Crippen molar-refractivity contribution in [2.45, 2.75) is 57.9 Å². The number of aromatic nitrogens is 2. The van der Waals surface area contributed by atoms with Gasteiger partial charge in [0.05, 0.1) is 13.2 Å². The molecule has 1 aliphatic rings. The number of piperidine rings is 1. The molecule has 0 saturated carbocycles. The van der Waals surface area contributed by atoms with Gasteiger partial charge in [0.15, 0.2) is 11.5 Å². The zero-order valence-corrected chi connectivity index (χ0v) is 20.6. The Morgan fingerprint density at radius 1 is 1.17 bits per heavy atom. The summed E-state index contributed by atoms with van der Waals surface area (Å²) in [6.07, 6.45) is -2.98. The van der Waals surface area contributed by atoms with Gasteiger partial charge in [0, 0.05) is 36.1 Å². The number of amides is 1.